The van der Waals surface area contributed by atoms with Crippen molar-refractivity contribution in [2.75, 3.05) is 13.1 Å². The Morgan fingerprint density at radius 1 is 0.893 bits per heavy atom. The van der Waals surface area contributed by atoms with E-state index in [0.29, 0.717) is 36.9 Å². The Bertz CT molecular complexity index is 737. The van der Waals surface area contributed by atoms with Crippen molar-refractivity contribution in [3.8, 4) is 5.75 Å². The van der Waals surface area contributed by atoms with Crippen LogP contribution in [-0.2, 0) is 0 Å². The molecule has 0 saturated heterocycles. The van der Waals surface area contributed by atoms with Crippen molar-refractivity contribution in [1.82, 2.24) is 0 Å². The van der Waals surface area contributed by atoms with E-state index in [1.165, 1.54) is 0 Å². The molecule has 0 heterocycles. The molecule has 0 fully saturated rings. The topological polar surface area (TPSA) is 226 Å². The number of hydrogen-bond acceptors (Lipinski definition) is 9. The second kappa shape index (κ2) is 11.7. The average Bonchev–Trinajstić information content (AvgIpc) is 2.63. The van der Waals surface area contributed by atoms with E-state index in [0.717, 1.165) is 12.8 Å². The summed E-state index contributed by atoms with van der Waals surface area (Å²) in [6.45, 7) is 5.51. The van der Waals surface area contributed by atoms with Crippen LogP contribution in [0.4, 0.5) is 17.1 Å². The van der Waals surface area contributed by atoms with Gasteiger partial charge in [0.1, 0.15) is 0 Å². The zero-order chi connectivity index (χ0) is 21.9. The monoisotopic (exact) mass is 399 g/mol. The van der Waals surface area contributed by atoms with Crippen LogP contribution in [0.15, 0.2) is 22.1 Å². The lowest BCUT2D eigenvalue weighted by Gasteiger charge is -1.98. The van der Waals surface area contributed by atoms with E-state index in [4.69, 9.17) is 16.6 Å². The Hall–Kier alpha value is -3.84. The van der Waals surface area contributed by atoms with Gasteiger partial charge in [0.15, 0.2) is 11.7 Å². The maximum atomic E-state index is 10.4. The normalized spacial score (nSPS) is 11.4. The molecule has 1 aromatic rings. The summed E-state index contributed by atoms with van der Waals surface area (Å²) in [6, 6.07) is 0.894. The molecule has 0 amide bonds. The number of rotatable bonds is 7. The van der Waals surface area contributed by atoms with Gasteiger partial charge in [0.2, 0.25) is 0 Å². The van der Waals surface area contributed by atoms with Gasteiger partial charge in [0.25, 0.3) is 11.4 Å². The molecule has 0 aliphatic carbocycles. The number of nitrogens with two attached hydrogens (primary N) is 2. The zero-order valence-electron chi connectivity index (χ0n) is 15.3. The molecule has 14 heteroatoms. The van der Waals surface area contributed by atoms with E-state index in [9.17, 15) is 30.3 Å². The largest absolute Gasteiger partial charge is 0.497 e. The number of aliphatic imine (C=N–C) groups is 2. The van der Waals surface area contributed by atoms with Crippen molar-refractivity contribution in [1.29, 1.82) is 0 Å². The number of amidine groups is 2. The fourth-order valence-electron chi connectivity index (χ4n) is 1.60. The molecule has 0 spiro atoms. The van der Waals surface area contributed by atoms with Gasteiger partial charge in [0.05, 0.1) is 26.9 Å². The highest BCUT2D eigenvalue weighted by molar-refractivity contribution is 6.39. The first-order valence-electron chi connectivity index (χ1n) is 7.97. The molecule has 1 aromatic carbocycles. The van der Waals surface area contributed by atoms with Crippen LogP contribution in [0.25, 0.3) is 0 Å². The van der Waals surface area contributed by atoms with Gasteiger partial charge in [-0.05, 0) is 12.8 Å². The Balaban J connectivity index is 0.000000546. The molecule has 0 radical (unpaired) electrons. The fraction of sp³-hybridized carbons (Fsp3) is 0.429. The summed E-state index contributed by atoms with van der Waals surface area (Å²) in [5.41, 5.74) is 8.07. The van der Waals surface area contributed by atoms with Gasteiger partial charge in [-0.2, -0.15) is 0 Å². The maximum Gasteiger partial charge on any atom is 0.324 e. The predicted octanol–water partition coefficient (Wildman–Crippen LogP) is 1.64. The number of phenols is 1. The number of nitrogens with zero attached hydrogens (tertiary/aromatic N) is 5. The van der Waals surface area contributed by atoms with Crippen LogP contribution in [0, 0.1) is 30.3 Å². The van der Waals surface area contributed by atoms with Gasteiger partial charge in [-0.25, -0.2) is 0 Å². The molecular weight excluding hydrogens is 378 g/mol. The minimum Gasteiger partial charge on any atom is -0.497 e. The molecule has 154 valence electrons. The highest BCUT2D eigenvalue weighted by Gasteiger charge is 2.30. The maximum absolute atomic E-state index is 10.4. The molecule has 0 aliphatic rings. The quantitative estimate of drug-likeness (QED) is 0.261. The van der Waals surface area contributed by atoms with Crippen LogP contribution >= 0.6 is 0 Å². The van der Waals surface area contributed by atoms with Crippen LogP contribution in [-0.4, -0.2) is 44.6 Å². The number of nitro groups is 3. The Kier molecular flexibility index (Phi) is 10.1. The van der Waals surface area contributed by atoms with E-state index in [1.807, 2.05) is 13.8 Å². The van der Waals surface area contributed by atoms with Crippen LogP contribution in [0.3, 0.4) is 0 Å². The number of benzene rings is 1. The predicted molar refractivity (Wildman–Crippen MR) is 102 cm³/mol. The van der Waals surface area contributed by atoms with Crippen molar-refractivity contribution in [3.63, 3.8) is 0 Å². The Morgan fingerprint density at radius 2 is 1.25 bits per heavy atom. The van der Waals surface area contributed by atoms with E-state index in [2.05, 4.69) is 9.98 Å². The minimum absolute atomic E-state index is 0.366. The molecule has 0 atom stereocenters. The smallest absolute Gasteiger partial charge is 0.324 e. The first-order chi connectivity index (χ1) is 13.1. The number of phenolic OH excluding ortho intramolecular Hbond substituents is 1. The zero-order valence-corrected chi connectivity index (χ0v) is 15.3. The van der Waals surface area contributed by atoms with Gasteiger partial charge in [-0.3, -0.25) is 40.3 Å². The lowest BCUT2D eigenvalue weighted by atomic mass is 10.2. The second-order valence-corrected chi connectivity index (χ2v) is 5.14. The molecule has 14 nitrogen and oxygen atoms in total. The SMILES string of the molecule is CCCN=C(N)C(N)=NCCC.O=[N+]([O-])c1cc([N+](=O)[O-])c(O)c([N+](=O)[O-])c1. The van der Waals surface area contributed by atoms with Crippen molar-refractivity contribution < 1.29 is 19.9 Å². The summed E-state index contributed by atoms with van der Waals surface area (Å²) in [5.74, 6) is -0.476. The van der Waals surface area contributed by atoms with Crippen molar-refractivity contribution in [2.45, 2.75) is 26.7 Å². The molecular formula is C14H21N7O7. The van der Waals surface area contributed by atoms with Gasteiger partial charge in [0, 0.05) is 13.1 Å². The molecule has 0 saturated carbocycles. The number of nitro benzene ring substituents is 3. The summed E-state index contributed by atoms with van der Waals surface area (Å²) in [4.78, 5) is 35.8. The van der Waals surface area contributed by atoms with Crippen LogP contribution in [0.1, 0.15) is 26.7 Å². The first-order valence-corrected chi connectivity index (χ1v) is 7.97. The van der Waals surface area contributed by atoms with E-state index < -0.39 is 37.6 Å². The van der Waals surface area contributed by atoms with Crippen molar-refractivity contribution in [3.05, 3.63) is 42.5 Å². The van der Waals surface area contributed by atoms with Gasteiger partial charge in [-0.1, -0.05) is 13.8 Å². The van der Waals surface area contributed by atoms with Crippen LogP contribution < -0.4 is 11.5 Å². The first kappa shape index (κ1) is 24.2. The van der Waals surface area contributed by atoms with Gasteiger partial charge >= 0.3 is 11.4 Å². The molecule has 0 unspecified atom stereocenters. The molecule has 5 N–H and O–H groups in total. The summed E-state index contributed by atoms with van der Waals surface area (Å²) in [7, 11) is 0. The summed E-state index contributed by atoms with van der Waals surface area (Å²) < 4.78 is 0. The Labute approximate surface area is 159 Å². The molecule has 0 bridgehead atoms. The number of aromatic hydroxyl groups is 1. The standard InChI is InChI=1S/C8H18N4.C6H3N3O7/c1-3-5-11-7(9)8(10)12-6-4-2;10-6-4(8(13)14)1-3(7(11)12)2-5(6)9(15)16/h3-6H2,1-2H3,(H2,9,11)(H2,10,12);1-2,10H. The summed E-state index contributed by atoms with van der Waals surface area (Å²) >= 11 is 0. The average molecular weight is 399 g/mol. The third-order valence-electron chi connectivity index (χ3n) is 2.93. The Morgan fingerprint density at radius 3 is 1.50 bits per heavy atom. The van der Waals surface area contributed by atoms with Crippen LogP contribution in [0.5, 0.6) is 5.75 Å². The van der Waals surface area contributed by atoms with Crippen molar-refractivity contribution in [2.24, 2.45) is 21.5 Å². The van der Waals surface area contributed by atoms with E-state index >= 15 is 0 Å². The third kappa shape index (κ3) is 7.59. The fourth-order valence-corrected chi connectivity index (χ4v) is 1.60. The van der Waals surface area contributed by atoms with Gasteiger partial charge < -0.3 is 16.6 Å². The lowest BCUT2D eigenvalue weighted by Crippen LogP contribution is -2.31. The summed E-state index contributed by atoms with van der Waals surface area (Å²) in [6.07, 6.45) is 1.95. The molecule has 0 aliphatic heterocycles. The highest BCUT2D eigenvalue weighted by Crippen LogP contribution is 2.38. The molecule has 28 heavy (non-hydrogen) atoms. The number of non-ortho nitro benzene ring substituents is 1. The second-order valence-electron chi connectivity index (χ2n) is 5.14. The molecule has 0 aromatic heterocycles. The van der Waals surface area contributed by atoms with E-state index in [1.54, 1.807) is 0 Å². The highest BCUT2D eigenvalue weighted by atomic mass is 16.6. The third-order valence-corrected chi connectivity index (χ3v) is 2.93. The number of hydrogen-bond donors (Lipinski definition) is 3. The minimum atomic E-state index is -1.21. The molecule has 1 rings (SSSR count). The van der Waals surface area contributed by atoms with E-state index in [-0.39, 0.29) is 0 Å². The lowest BCUT2D eigenvalue weighted by molar-refractivity contribution is -0.404. The van der Waals surface area contributed by atoms with Gasteiger partial charge in [-0.15, -0.1) is 0 Å². The summed E-state index contributed by atoms with van der Waals surface area (Å²) in [5, 5.41) is 40.2. The van der Waals surface area contributed by atoms with Crippen molar-refractivity contribution >= 4 is 28.7 Å². The van der Waals surface area contributed by atoms with Crippen LogP contribution in [0.2, 0.25) is 0 Å².